The lowest BCUT2D eigenvalue weighted by Gasteiger charge is -2.36. The van der Waals surface area contributed by atoms with E-state index < -0.39 is 0 Å². The van der Waals surface area contributed by atoms with Crippen LogP contribution in [0.25, 0.3) is 11.0 Å². The van der Waals surface area contributed by atoms with Crippen LogP contribution in [-0.4, -0.2) is 98.0 Å². The number of benzene rings is 2. The van der Waals surface area contributed by atoms with Crippen LogP contribution in [0.4, 0.5) is 5.95 Å². The molecule has 11 heteroatoms. The predicted molar refractivity (Wildman–Crippen MR) is 187 cm³/mol. The molecule has 48 heavy (non-hydrogen) atoms. The number of carbonyl (C=O) groups excluding carboxylic acids is 1. The maximum atomic E-state index is 14.0. The lowest BCUT2D eigenvalue weighted by molar-refractivity contribution is 0.0944. The van der Waals surface area contributed by atoms with E-state index in [-0.39, 0.29) is 17.2 Å². The van der Waals surface area contributed by atoms with Crippen LogP contribution in [0.1, 0.15) is 48.7 Å². The molecule has 2 N–H and O–H groups in total. The van der Waals surface area contributed by atoms with Gasteiger partial charge >= 0.3 is 0 Å². The molecule has 2 aliphatic rings. The number of anilines is 1. The van der Waals surface area contributed by atoms with Crippen molar-refractivity contribution in [2.45, 2.75) is 56.7 Å². The van der Waals surface area contributed by atoms with Crippen molar-refractivity contribution in [3.63, 3.8) is 0 Å². The van der Waals surface area contributed by atoms with Crippen molar-refractivity contribution < 1.29 is 23.7 Å². The first-order valence-electron chi connectivity index (χ1n) is 17.0. The van der Waals surface area contributed by atoms with E-state index in [0.717, 1.165) is 68.1 Å². The maximum absolute atomic E-state index is 14.0. The number of hydrogen-bond donors (Lipinski definition) is 2. The Bertz CT molecular complexity index is 1670. The number of aromatic nitrogens is 3. The van der Waals surface area contributed by atoms with Gasteiger partial charge in [0, 0.05) is 56.1 Å². The number of imidazole rings is 1. The fraction of sp³-hybridized carbons (Fsp3) is 0.486. The molecule has 2 aromatic heterocycles. The van der Waals surface area contributed by atoms with Gasteiger partial charge in [0.2, 0.25) is 11.7 Å². The van der Waals surface area contributed by atoms with Crippen molar-refractivity contribution in [3.8, 4) is 17.2 Å². The average Bonchev–Trinajstić information content (AvgIpc) is 3.73. The molecule has 2 saturated heterocycles. The number of likely N-dealkylation sites (tertiary alicyclic amines) is 1. The van der Waals surface area contributed by atoms with E-state index in [2.05, 4.69) is 44.4 Å². The Morgan fingerprint density at radius 2 is 1.77 bits per heavy atom. The summed E-state index contributed by atoms with van der Waals surface area (Å²) in [5, 5.41) is 7.31. The number of piperidine rings is 1. The second-order valence-electron chi connectivity index (χ2n) is 12.7. The van der Waals surface area contributed by atoms with Gasteiger partial charge in [0.25, 0.3) is 0 Å². The number of ether oxygens (including phenoxy) is 4. The third kappa shape index (κ3) is 6.99. The number of Topliss-reactive ketones (excluding diaryl/α,β-unsaturated/α-hetero) is 1. The van der Waals surface area contributed by atoms with Gasteiger partial charge in [0.15, 0.2) is 17.3 Å². The molecule has 4 aromatic rings. The smallest absolute Gasteiger partial charge is 0.204 e. The number of nitrogens with zero attached hydrogens (tertiary/aromatic N) is 4. The summed E-state index contributed by atoms with van der Waals surface area (Å²) in [6.45, 7) is 7.74. The first kappa shape index (κ1) is 33.7. The van der Waals surface area contributed by atoms with Gasteiger partial charge < -0.3 is 39.0 Å². The number of carbonyl (C=O) groups is 1. The normalized spacial score (nSPS) is 20.2. The summed E-state index contributed by atoms with van der Waals surface area (Å²) >= 11 is 0. The fourth-order valence-electron chi connectivity index (χ4n) is 7.28. The van der Waals surface area contributed by atoms with E-state index in [1.165, 1.54) is 0 Å². The fourth-order valence-corrected chi connectivity index (χ4v) is 7.28. The molecule has 0 spiro atoms. The quantitative estimate of drug-likeness (QED) is 0.135. The second kappa shape index (κ2) is 15.4. The molecule has 256 valence electrons. The molecule has 11 nitrogen and oxygen atoms in total. The maximum Gasteiger partial charge on any atom is 0.204 e. The van der Waals surface area contributed by atoms with Gasteiger partial charge in [-0.1, -0.05) is 18.2 Å². The van der Waals surface area contributed by atoms with Crippen molar-refractivity contribution in [2.24, 2.45) is 0 Å². The predicted octanol–water partition coefficient (Wildman–Crippen LogP) is 4.94. The third-order valence-electron chi connectivity index (χ3n) is 9.92. The molecule has 0 saturated carbocycles. The number of rotatable bonds is 15. The van der Waals surface area contributed by atoms with Gasteiger partial charge in [0.05, 0.1) is 50.6 Å². The highest BCUT2D eigenvalue weighted by Gasteiger charge is 2.45. The minimum atomic E-state index is -0.379. The first-order chi connectivity index (χ1) is 23.5. The Hall–Kier alpha value is -4.19. The van der Waals surface area contributed by atoms with Gasteiger partial charge in [-0.05, 0) is 75.5 Å². The Balaban J connectivity index is 1.11. The highest BCUT2D eigenvalue weighted by molar-refractivity contribution is 6.03. The summed E-state index contributed by atoms with van der Waals surface area (Å²) in [7, 11) is 4.67. The Labute approximate surface area is 282 Å². The Morgan fingerprint density at radius 1 is 0.979 bits per heavy atom. The topological polar surface area (TPSA) is 112 Å². The highest BCUT2D eigenvalue weighted by Crippen LogP contribution is 2.42. The third-order valence-corrected chi connectivity index (χ3v) is 9.92. The molecular formula is C37H48N6O5. The SMILES string of the molecule is CCOCCn1c(NC2CCN(CCC3(c4ccccn4)CNC(C(=O)c4ccc(OC)c(OC)c4OC)C3)CC2)nc2ccccc21. The molecule has 0 aliphatic carbocycles. The Kier molecular flexibility index (Phi) is 10.8. The molecule has 4 heterocycles. The van der Waals surface area contributed by atoms with E-state index in [0.29, 0.717) is 55.0 Å². The molecular weight excluding hydrogens is 608 g/mol. The molecule has 0 amide bonds. The van der Waals surface area contributed by atoms with Gasteiger partial charge in [-0.3, -0.25) is 9.78 Å². The van der Waals surface area contributed by atoms with E-state index in [4.69, 9.17) is 28.9 Å². The summed E-state index contributed by atoms with van der Waals surface area (Å²) in [5.74, 6) is 2.22. The molecule has 2 unspecified atom stereocenters. The van der Waals surface area contributed by atoms with E-state index in [9.17, 15) is 4.79 Å². The Morgan fingerprint density at radius 3 is 2.50 bits per heavy atom. The molecule has 2 atom stereocenters. The summed E-state index contributed by atoms with van der Waals surface area (Å²) in [5.41, 5.74) is 3.36. The van der Waals surface area contributed by atoms with Gasteiger partial charge in [-0.25, -0.2) is 4.98 Å². The first-order valence-corrected chi connectivity index (χ1v) is 17.0. The standard InChI is InChI=1S/C37H48N6O5/c1-5-48-23-22-43-30-11-7-6-10-28(30)41-36(43)40-26-15-19-42(20-16-26)21-17-37(32-12-8-9-18-38-32)24-29(39-25-37)33(44)27-13-14-31(45-2)35(47-4)34(27)46-3/h6-14,18,26,29,39H,5,15-17,19-25H2,1-4H3,(H,40,41). The monoisotopic (exact) mass is 656 g/mol. The number of hydrogen-bond acceptors (Lipinski definition) is 10. The van der Waals surface area contributed by atoms with Crippen LogP contribution in [0.3, 0.4) is 0 Å². The van der Waals surface area contributed by atoms with Crippen molar-refractivity contribution >= 4 is 22.8 Å². The summed E-state index contributed by atoms with van der Waals surface area (Å²) in [6, 6.07) is 17.9. The summed E-state index contributed by atoms with van der Waals surface area (Å²) in [6.07, 6.45) is 5.46. The van der Waals surface area contributed by atoms with Crippen LogP contribution < -0.4 is 24.8 Å². The summed E-state index contributed by atoms with van der Waals surface area (Å²) in [4.78, 5) is 26.2. The van der Waals surface area contributed by atoms with Crippen molar-refractivity contribution in [2.75, 3.05) is 66.0 Å². The zero-order valence-corrected chi connectivity index (χ0v) is 28.5. The molecule has 2 fully saturated rings. The molecule has 6 rings (SSSR count). The molecule has 2 aromatic carbocycles. The minimum absolute atomic E-state index is 0.0234. The van der Waals surface area contributed by atoms with E-state index in [1.54, 1.807) is 33.5 Å². The van der Waals surface area contributed by atoms with E-state index >= 15 is 0 Å². The van der Waals surface area contributed by atoms with Crippen LogP contribution in [-0.2, 0) is 16.7 Å². The van der Waals surface area contributed by atoms with Gasteiger partial charge in [-0.2, -0.15) is 0 Å². The van der Waals surface area contributed by atoms with Crippen molar-refractivity contribution in [3.05, 3.63) is 72.1 Å². The van der Waals surface area contributed by atoms with E-state index in [1.807, 2.05) is 31.3 Å². The van der Waals surface area contributed by atoms with Crippen molar-refractivity contribution in [1.29, 1.82) is 0 Å². The van der Waals surface area contributed by atoms with Gasteiger partial charge in [0.1, 0.15) is 0 Å². The second-order valence-corrected chi connectivity index (χ2v) is 12.7. The van der Waals surface area contributed by atoms with Crippen molar-refractivity contribution in [1.82, 2.24) is 24.8 Å². The van der Waals surface area contributed by atoms with Gasteiger partial charge in [-0.15, -0.1) is 0 Å². The number of pyridine rings is 1. The highest BCUT2D eigenvalue weighted by atomic mass is 16.5. The van der Waals surface area contributed by atoms with Crippen LogP contribution in [0.2, 0.25) is 0 Å². The number of nitrogens with one attached hydrogen (secondary N) is 2. The molecule has 0 radical (unpaired) electrons. The number of para-hydroxylation sites is 2. The van der Waals surface area contributed by atoms with Crippen LogP contribution >= 0.6 is 0 Å². The average molecular weight is 657 g/mol. The minimum Gasteiger partial charge on any atom is -0.493 e. The number of fused-ring (bicyclic) bond motifs is 1. The van der Waals surface area contributed by atoms with Crippen LogP contribution in [0.15, 0.2) is 60.8 Å². The zero-order chi connectivity index (χ0) is 33.5. The zero-order valence-electron chi connectivity index (χ0n) is 28.5. The lowest BCUT2D eigenvalue weighted by Crippen LogP contribution is -2.42. The number of methoxy groups -OCH3 is 3. The van der Waals surface area contributed by atoms with Crippen LogP contribution in [0, 0.1) is 0 Å². The lowest BCUT2D eigenvalue weighted by atomic mass is 9.77. The van der Waals surface area contributed by atoms with Crippen LogP contribution in [0.5, 0.6) is 17.2 Å². The largest absolute Gasteiger partial charge is 0.493 e. The molecule has 2 aliphatic heterocycles. The summed E-state index contributed by atoms with van der Waals surface area (Å²) < 4.78 is 24.6. The molecule has 0 bridgehead atoms. The number of ketones is 1.